The van der Waals surface area contributed by atoms with E-state index in [9.17, 15) is 9.59 Å². The van der Waals surface area contributed by atoms with Crippen molar-refractivity contribution >= 4 is 17.8 Å². The van der Waals surface area contributed by atoms with Gasteiger partial charge in [-0.25, -0.2) is 9.78 Å². The monoisotopic (exact) mass is 370 g/mol. The summed E-state index contributed by atoms with van der Waals surface area (Å²) in [6, 6.07) is -0.378. The van der Waals surface area contributed by atoms with Crippen LogP contribution in [0.25, 0.3) is 0 Å². The third-order valence-corrected chi connectivity index (χ3v) is 5.01. The molecule has 1 aromatic heterocycles. The van der Waals surface area contributed by atoms with Gasteiger partial charge in [-0.2, -0.15) is 0 Å². The molecule has 0 aliphatic heterocycles. The number of aromatic nitrogens is 2. The van der Waals surface area contributed by atoms with E-state index in [1.165, 1.54) is 12.4 Å². The Labute approximate surface area is 159 Å². The van der Waals surface area contributed by atoms with Crippen molar-refractivity contribution in [2.75, 3.05) is 39.5 Å². The molecule has 0 bridgehead atoms. The van der Waals surface area contributed by atoms with Crippen molar-refractivity contribution in [2.24, 2.45) is 11.3 Å². The summed E-state index contributed by atoms with van der Waals surface area (Å²) in [5.41, 5.74) is 1.18. The van der Waals surface area contributed by atoms with Crippen molar-refractivity contribution in [3.8, 4) is 0 Å². The molecule has 1 fully saturated rings. The highest BCUT2D eigenvalue weighted by atomic mass is 16.2. The zero-order chi connectivity index (χ0) is 19.6. The molecule has 0 saturated heterocycles. The second-order valence-electron chi connectivity index (χ2n) is 7.46. The molecule has 1 heterocycles. The van der Waals surface area contributed by atoms with E-state index in [4.69, 9.17) is 0 Å². The molecular weight excluding hydrogens is 344 g/mol. The van der Waals surface area contributed by atoms with Gasteiger partial charge in [0.2, 0.25) is 5.91 Å². The lowest BCUT2D eigenvalue weighted by Crippen LogP contribution is -2.39. The molecule has 3 amide bonds. The number of allylic oxidation sites excluding steroid dienone is 2. The smallest absolute Gasteiger partial charge is 0.324 e. The van der Waals surface area contributed by atoms with Gasteiger partial charge in [0.1, 0.15) is 0 Å². The minimum Gasteiger partial charge on any atom is -0.344 e. The molecule has 0 radical (unpaired) electrons. The number of urea groups is 1. The van der Waals surface area contributed by atoms with Gasteiger partial charge in [-0.15, -0.1) is 0 Å². The SMILES string of the molecule is CC1=CC2(C(=O)N(C)CCN(C)C)CC2C=C1NC(=O)Nc1cnccn1. The van der Waals surface area contributed by atoms with Gasteiger partial charge in [0, 0.05) is 38.2 Å². The summed E-state index contributed by atoms with van der Waals surface area (Å²) in [6.45, 7) is 3.44. The Bertz CT molecular complexity index is 789. The maximum absolute atomic E-state index is 12.9. The standard InChI is InChI=1S/C19H26N6O2/c1-13-10-19(17(26)25(4)8-7-24(2)3)11-14(19)9-15(13)22-18(27)23-16-12-20-5-6-21-16/h5-6,9-10,12,14H,7-8,11H2,1-4H3,(H2,21,22,23,27). The Hall–Kier alpha value is -2.74. The van der Waals surface area contributed by atoms with Crippen LogP contribution in [0.2, 0.25) is 0 Å². The molecule has 2 atom stereocenters. The van der Waals surface area contributed by atoms with Crippen molar-refractivity contribution in [1.82, 2.24) is 25.1 Å². The molecule has 144 valence electrons. The van der Waals surface area contributed by atoms with Gasteiger partial charge in [-0.1, -0.05) is 12.2 Å². The van der Waals surface area contributed by atoms with Crippen LogP contribution in [0.1, 0.15) is 13.3 Å². The van der Waals surface area contributed by atoms with Crippen molar-refractivity contribution in [3.05, 3.63) is 42.0 Å². The van der Waals surface area contributed by atoms with Crippen molar-refractivity contribution in [3.63, 3.8) is 0 Å². The van der Waals surface area contributed by atoms with E-state index in [0.717, 1.165) is 24.2 Å². The van der Waals surface area contributed by atoms with Crippen molar-refractivity contribution in [2.45, 2.75) is 13.3 Å². The van der Waals surface area contributed by atoms with Crippen LogP contribution in [0.15, 0.2) is 42.0 Å². The van der Waals surface area contributed by atoms with Gasteiger partial charge in [0.25, 0.3) is 0 Å². The number of fused-ring (bicyclic) bond motifs is 1. The molecule has 8 heteroatoms. The fourth-order valence-corrected chi connectivity index (χ4v) is 3.36. The quantitative estimate of drug-likeness (QED) is 0.791. The molecule has 0 aromatic carbocycles. The average Bonchev–Trinajstić information content (AvgIpc) is 3.34. The summed E-state index contributed by atoms with van der Waals surface area (Å²) in [5, 5.41) is 5.49. The third kappa shape index (κ3) is 4.16. The fraction of sp³-hybridized carbons (Fsp3) is 0.474. The maximum Gasteiger partial charge on any atom is 0.324 e. The van der Waals surface area contributed by atoms with Gasteiger partial charge in [-0.05, 0) is 38.9 Å². The van der Waals surface area contributed by atoms with E-state index in [2.05, 4.69) is 25.5 Å². The zero-order valence-corrected chi connectivity index (χ0v) is 16.2. The summed E-state index contributed by atoms with van der Waals surface area (Å²) in [4.78, 5) is 36.9. The summed E-state index contributed by atoms with van der Waals surface area (Å²) in [7, 11) is 5.84. The van der Waals surface area contributed by atoms with Crippen molar-refractivity contribution in [1.29, 1.82) is 0 Å². The van der Waals surface area contributed by atoms with E-state index in [1.54, 1.807) is 11.1 Å². The predicted octanol–water partition coefficient (Wildman–Crippen LogP) is 1.47. The lowest BCUT2D eigenvalue weighted by Gasteiger charge is -2.26. The molecule has 1 saturated carbocycles. The highest BCUT2D eigenvalue weighted by Crippen LogP contribution is 2.59. The Morgan fingerprint density at radius 1 is 1.22 bits per heavy atom. The number of likely N-dealkylation sites (N-methyl/N-ethyl adjacent to an activating group) is 2. The number of hydrogen-bond acceptors (Lipinski definition) is 5. The van der Waals surface area contributed by atoms with Crippen LogP contribution in [0.4, 0.5) is 10.6 Å². The predicted molar refractivity (Wildman–Crippen MR) is 103 cm³/mol. The highest BCUT2D eigenvalue weighted by Gasteiger charge is 2.59. The van der Waals surface area contributed by atoms with Gasteiger partial charge in [0.05, 0.1) is 11.6 Å². The lowest BCUT2D eigenvalue weighted by atomic mass is 9.92. The van der Waals surface area contributed by atoms with Crippen LogP contribution < -0.4 is 10.6 Å². The summed E-state index contributed by atoms with van der Waals surface area (Å²) >= 11 is 0. The van der Waals surface area contributed by atoms with Crippen LogP contribution >= 0.6 is 0 Å². The average molecular weight is 370 g/mol. The normalized spacial score (nSPS) is 23.1. The van der Waals surface area contributed by atoms with Gasteiger partial charge in [0.15, 0.2) is 5.82 Å². The molecule has 2 aliphatic rings. The number of carbonyl (C=O) groups is 2. The largest absolute Gasteiger partial charge is 0.344 e. The van der Waals surface area contributed by atoms with Gasteiger partial charge >= 0.3 is 6.03 Å². The second-order valence-corrected chi connectivity index (χ2v) is 7.46. The number of anilines is 1. The Morgan fingerprint density at radius 2 is 2.00 bits per heavy atom. The maximum atomic E-state index is 12.9. The summed E-state index contributed by atoms with van der Waals surface area (Å²) < 4.78 is 0. The topological polar surface area (TPSA) is 90.5 Å². The van der Waals surface area contributed by atoms with Gasteiger partial charge < -0.3 is 15.1 Å². The molecule has 27 heavy (non-hydrogen) atoms. The molecule has 3 rings (SSSR count). The van der Waals surface area contributed by atoms with Crippen LogP contribution in [0.5, 0.6) is 0 Å². The van der Waals surface area contributed by atoms with Crippen LogP contribution in [0, 0.1) is 11.3 Å². The fourth-order valence-electron chi connectivity index (χ4n) is 3.36. The molecule has 0 spiro atoms. The minimum absolute atomic E-state index is 0.127. The summed E-state index contributed by atoms with van der Waals surface area (Å²) in [6.07, 6.45) is 9.31. The zero-order valence-electron chi connectivity index (χ0n) is 16.2. The molecule has 1 aromatic rings. The number of amides is 3. The Balaban J connectivity index is 1.61. The molecule has 2 N–H and O–H groups in total. The number of hydrogen-bond donors (Lipinski definition) is 2. The van der Waals surface area contributed by atoms with E-state index in [0.29, 0.717) is 12.4 Å². The first-order chi connectivity index (χ1) is 12.8. The number of nitrogens with one attached hydrogen (secondary N) is 2. The molecule has 8 nitrogen and oxygen atoms in total. The highest BCUT2D eigenvalue weighted by molar-refractivity contribution is 5.92. The van der Waals surface area contributed by atoms with Crippen LogP contribution in [0.3, 0.4) is 0 Å². The van der Waals surface area contributed by atoms with E-state index in [1.807, 2.05) is 40.2 Å². The Morgan fingerprint density at radius 3 is 2.67 bits per heavy atom. The number of nitrogens with zero attached hydrogens (tertiary/aromatic N) is 4. The molecular formula is C19H26N6O2. The minimum atomic E-state index is -0.447. The first-order valence-electron chi connectivity index (χ1n) is 8.98. The molecule has 2 aliphatic carbocycles. The van der Waals surface area contributed by atoms with E-state index < -0.39 is 5.41 Å². The molecule has 2 unspecified atom stereocenters. The number of rotatable bonds is 6. The van der Waals surface area contributed by atoms with Gasteiger partial charge in [-0.3, -0.25) is 15.1 Å². The van der Waals surface area contributed by atoms with E-state index >= 15 is 0 Å². The van der Waals surface area contributed by atoms with Crippen LogP contribution in [-0.2, 0) is 4.79 Å². The Kier molecular flexibility index (Phi) is 5.27. The lowest BCUT2D eigenvalue weighted by molar-refractivity contribution is -0.134. The summed E-state index contributed by atoms with van der Waals surface area (Å²) in [5.74, 6) is 0.654. The van der Waals surface area contributed by atoms with Crippen molar-refractivity contribution < 1.29 is 9.59 Å². The van der Waals surface area contributed by atoms with E-state index in [-0.39, 0.29) is 17.9 Å². The first kappa shape index (κ1) is 19.0. The second kappa shape index (κ2) is 7.48. The van der Waals surface area contributed by atoms with Crippen LogP contribution in [-0.4, -0.2) is 65.9 Å². The number of carbonyl (C=O) groups excluding carboxylic acids is 2. The first-order valence-corrected chi connectivity index (χ1v) is 8.98. The third-order valence-electron chi connectivity index (χ3n) is 5.01.